The van der Waals surface area contributed by atoms with Crippen molar-refractivity contribution in [3.05, 3.63) is 10.6 Å². The van der Waals surface area contributed by atoms with Gasteiger partial charge in [0.15, 0.2) is 16.6 Å². The first-order valence-electron chi connectivity index (χ1n) is 6.25. The van der Waals surface area contributed by atoms with Crippen molar-refractivity contribution in [2.24, 2.45) is 5.92 Å². The van der Waals surface area contributed by atoms with Gasteiger partial charge in [-0.3, -0.25) is 9.59 Å². The van der Waals surface area contributed by atoms with Gasteiger partial charge >= 0.3 is 5.97 Å². The molecule has 1 aliphatic rings. The number of carboxylic acids is 1. The second-order valence-electron chi connectivity index (χ2n) is 4.55. The molecule has 0 aromatic carbocycles. The fourth-order valence-corrected chi connectivity index (χ4v) is 2.50. The number of carbonyl (C=O) groups is 3. The van der Waals surface area contributed by atoms with Gasteiger partial charge < -0.3 is 15.7 Å². The van der Waals surface area contributed by atoms with E-state index in [4.69, 9.17) is 5.11 Å². The molecule has 1 aromatic rings. The monoisotopic (exact) mass is 297 g/mol. The van der Waals surface area contributed by atoms with Gasteiger partial charge in [0, 0.05) is 25.9 Å². The van der Waals surface area contributed by atoms with E-state index in [2.05, 4.69) is 15.6 Å². The number of carboxylic acid groups (broad SMARTS) is 1. The zero-order valence-corrected chi connectivity index (χ0v) is 11.7. The van der Waals surface area contributed by atoms with Crippen molar-refractivity contribution in [1.29, 1.82) is 0 Å². The Morgan fingerprint density at radius 1 is 1.35 bits per heavy atom. The highest BCUT2D eigenvalue weighted by Crippen LogP contribution is 2.28. The first kappa shape index (κ1) is 14.4. The first-order chi connectivity index (χ1) is 9.49. The maximum Gasteiger partial charge on any atom is 0.356 e. The van der Waals surface area contributed by atoms with Crippen LogP contribution in [0, 0.1) is 5.92 Å². The number of aromatic nitrogens is 1. The minimum absolute atomic E-state index is 0.0570. The average Bonchev–Trinajstić information content (AvgIpc) is 3.14. The Morgan fingerprint density at radius 2 is 2.05 bits per heavy atom. The maximum absolute atomic E-state index is 11.4. The van der Waals surface area contributed by atoms with Crippen molar-refractivity contribution < 1.29 is 19.5 Å². The van der Waals surface area contributed by atoms with Crippen LogP contribution in [0.4, 0.5) is 5.13 Å². The molecule has 2 rings (SSSR count). The van der Waals surface area contributed by atoms with Gasteiger partial charge in [0.05, 0.1) is 0 Å². The van der Waals surface area contributed by atoms with E-state index >= 15 is 0 Å². The van der Waals surface area contributed by atoms with Crippen LogP contribution in [0.2, 0.25) is 0 Å². The van der Waals surface area contributed by atoms with Crippen LogP contribution in [0.1, 0.15) is 39.9 Å². The molecule has 8 heteroatoms. The van der Waals surface area contributed by atoms with Crippen molar-refractivity contribution in [2.45, 2.75) is 19.8 Å². The summed E-state index contributed by atoms with van der Waals surface area (Å²) in [4.78, 5) is 37.6. The molecule has 0 unspecified atom stereocenters. The minimum atomic E-state index is -1.22. The molecule has 1 saturated carbocycles. The van der Waals surface area contributed by atoms with Gasteiger partial charge in [-0.2, -0.15) is 0 Å². The molecule has 0 saturated heterocycles. The Hall–Kier alpha value is -1.96. The first-order valence-corrected chi connectivity index (χ1v) is 7.07. The highest BCUT2D eigenvalue weighted by molar-refractivity contribution is 7.17. The van der Waals surface area contributed by atoms with Gasteiger partial charge in [-0.25, -0.2) is 9.78 Å². The zero-order valence-electron chi connectivity index (χ0n) is 10.9. The number of amides is 1. The highest BCUT2D eigenvalue weighted by atomic mass is 32.1. The van der Waals surface area contributed by atoms with Crippen molar-refractivity contribution in [1.82, 2.24) is 10.3 Å². The number of Topliss-reactive ketones (excluding diaryl/α,β-unsaturated/α-hetero) is 1. The Bertz CT molecular complexity index is 519. The Morgan fingerprint density at radius 3 is 2.55 bits per heavy atom. The van der Waals surface area contributed by atoms with Crippen LogP contribution in [0.3, 0.4) is 0 Å². The van der Waals surface area contributed by atoms with Crippen LogP contribution < -0.4 is 10.6 Å². The topological polar surface area (TPSA) is 108 Å². The van der Waals surface area contributed by atoms with Gasteiger partial charge in [0.2, 0.25) is 5.91 Å². The molecule has 0 radical (unpaired) electrons. The molecule has 0 bridgehead atoms. The van der Waals surface area contributed by atoms with Crippen LogP contribution in [0.25, 0.3) is 0 Å². The smallest absolute Gasteiger partial charge is 0.356 e. The van der Waals surface area contributed by atoms with E-state index in [1.54, 1.807) is 0 Å². The molecule has 0 spiro atoms. The summed E-state index contributed by atoms with van der Waals surface area (Å²) in [5, 5.41) is 15.0. The van der Waals surface area contributed by atoms with E-state index in [-0.39, 0.29) is 28.2 Å². The van der Waals surface area contributed by atoms with Crippen molar-refractivity contribution in [3.63, 3.8) is 0 Å². The summed E-state index contributed by atoms with van der Waals surface area (Å²) < 4.78 is 0. The molecule has 1 aliphatic carbocycles. The van der Waals surface area contributed by atoms with Crippen LogP contribution >= 0.6 is 11.3 Å². The number of nitrogens with one attached hydrogen (secondary N) is 2. The molecule has 0 aliphatic heterocycles. The summed E-state index contributed by atoms with van der Waals surface area (Å²) in [6.45, 7) is 2.18. The molecule has 0 atom stereocenters. The second kappa shape index (κ2) is 6.00. The lowest BCUT2D eigenvalue weighted by molar-refractivity contribution is -0.122. The standard InChI is InChI=1S/C12H15N3O4S/c1-6(16)9-8(11(18)19)15-12(20-9)14-5-4-13-10(17)7-2-3-7/h7H,2-5H2,1H3,(H,13,17)(H,14,15)(H,18,19). The molecular weight excluding hydrogens is 282 g/mol. The van der Waals surface area contributed by atoms with Crippen LogP contribution in [-0.4, -0.2) is 40.8 Å². The predicted octanol–water partition coefficient (Wildman–Crippen LogP) is 0.982. The lowest BCUT2D eigenvalue weighted by Crippen LogP contribution is -2.29. The number of carbonyl (C=O) groups excluding carboxylic acids is 2. The predicted molar refractivity (Wildman–Crippen MR) is 73.3 cm³/mol. The van der Waals surface area contributed by atoms with E-state index in [0.717, 1.165) is 24.2 Å². The molecule has 108 valence electrons. The van der Waals surface area contributed by atoms with Crippen LogP contribution in [-0.2, 0) is 4.79 Å². The number of ketones is 1. The van der Waals surface area contributed by atoms with Crippen LogP contribution in [0.5, 0.6) is 0 Å². The number of thiazole rings is 1. The van der Waals surface area contributed by atoms with E-state index in [1.165, 1.54) is 6.92 Å². The fraction of sp³-hybridized carbons (Fsp3) is 0.500. The third-order valence-corrected chi connectivity index (χ3v) is 3.91. The van der Waals surface area contributed by atoms with Gasteiger partial charge in [0.25, 0.3) is 0 Å². The number of hydrogen-bond acceptors (Lipinski definition) is 6. The summed E-state index contributed by atoms with van der Waals surface area (Å²) in [5.41, 5.74) is -0.230. The number of hydrogen-bond donors (Lipinski definition) is 3. The maximum atomic E-state index is 11.4. The second-order valence-corrected chi connectivity index (χ2v) is 5.55. The fourth-order valence-electron chi connectivity index (χ4n) is 1.62. The van der Waals surface area contributed by atoms with Gasteiger partial charge in [-0.15, -0.1) is 0 Å². The quantitative estimate of drug-likeness (QED) is 0.511. The van der Waals surface area contributed by atoms with Crippen LogP contribution in [0.15, 0.2) is 0 Å². The zero-order chi connectivity index (χ0) is 14.7. The summed E-state index contributed by atoms with van der Waals surface area (Å²) in [7, 11) is 0. The van der Waals surface area contributed by atoms with Gasteiger partial charge in [-0.05, 0) is 12.8 Å². The third kappa shape index (κ3) is 3.53. The van der Waals surface area contributed by atoms with Crippen molar-refractivity contribution in [3.8, 4) is 0 Å². The lowest BCUT2D eigenvalue weighted by atomic mass is 10.3. The van der Waals surface area contributed by atoms with Crippen molar-refractivity contribution in [2.75, 3.05) is 18.4 Å². The minimum Gasteiger partial charge on any atom is -0.476 e. The molecule has 1 aromatic heterocycles. The lowest BCUT2D eigenvalue weighted by Gasteiger charge is -2.04. The number of aromatic carboxylic acids is 1. The molecule has 3 N–H and O–H groups in total. The highest BCUT2D eigenvalue weighted by Gasteiger charge is 2.29. The molecule has 1 heterocycles. The van der Waals surface area contributed by atoms with E-state index in [9.17, 15) is 14.4 Å². The Kier molecular flexibility index (Phi) is 4.33. The average molecular weight is 297 g/mol. The van der Waals surface area contributed by atoms with E-state index < -0.39 is 5.97 Å². The van der Waals surface area contributed by atoms with E-state index in [1.807, 2.05) is 0 Å². The Labute approximate surface area is 119 Å². The summed E-state index contributed by atoms with van der Waals surface area (Å²) >= 11 is 1.01. The third-order valence-electron chi connectivity index (χ3n) is 2.80. The largest absolute Gasteiger partial charge is 0.476 e. The van der Waals surface area contributed by atoms with Crippen molar-refractivity contribution >= 4 is 34.1 Å². The SMILES string of the molecule is CC(=O)c1sc(NCCNC(=O)C2CC2)nc1C(=O)O. The summed E-state index contributed by atoms with van der Waals surface area (Å²) in [6, 6.07) is 0. The van der Waals surface area contributed by atoms with Gasteiger partial charge in [-0.1, -0.05) is 11.3 Å². The Balaban J connectivity index is 1.86. The molecule has 20 heavy (non-hydrogen) atoms. The molecule has 1 amide bonds. The number of nitrogens with zero attached hydrogens (tertiary/aromatic N) is 1. The molecule has 7 nitrogen and oxygen atoms in total. The molecular formula is C12H15N3O4S. The summed E-state index contributed by atoms with van der Waals surface area (Å²) in [5.74, 6) is -1.32. The van der Waals surface area contributed by atoms with E-state index in [0.29, 0.717) is 18.2 Å². The summed E-state index contributed by atoms with van der Waals surface area (Å²) in [6.07, 6.45) is 1.91. The normalized spacial score (nSPS) is 13.8. The number of rotatable bonds is 7. The van der Waals surface area contributed by atoms with Gasteiger partial charge in [0.1, 0.15) is 4.88 Å². The molecule has 1 fully saturated rings. The number of anilines is 1.